The number of rotatable bonds is 3. The second-order valence-corrected chi connectivity index (χ2v) is 6.45. The number of nitrogens with zero attached hydrogens (tertiary/aromatic N) is 2. The molecule has 0 bridgehead atoms. The van der Waals surface area contributed by atoms with Gasteiger partial charge >= 0.3 is 0 Å². The zero-order valence-electron chi connectivity index (χ0n) is 13.6. The summed E-state index contributed by atoms with van der Waals surface area (Å²) in [4.78, 5) is 26.4. The van der Waals surface area contributed by atoms with E-state index in [4.69, 9.17) is 16.9 Å². The van der Waals surface area contributed by atoms with Crippen LogP contribution in [0.2, 0.25) is 5.02 Å². The minimum atomic E-state index is -0.418. The van der Waals surface area contributed by atoms with Gasteiger partial charge in [0.1, 0.15) is 0 Å². The minimum Gasteiger partial charge on any atom is -0.326 e. The molecule has 0 aliphatic carbocycles. The number of hydrogen-bond acceptors (Lipinski definition) is 3. The lowest BCUT2D eigenvalue weighted by molar-refractivity contribution is -0.122. The fourth-order valence-corrected chi connectivity index (χ4v) is 3.08. The molecule has 5 nitrogen and oxygen atoms in total. The van der Waals surface area contributed by atoms with Gasteiger partial charge in [0.25, 0.3) is 0 Å². The zero-order valence-corrected chi connectivity index (χ0v) is 14.4. The van der Waals surface area contributed by atoms with Crippen LogP contribution in [0.4, 0.5) is 11.4 Å². The molecule has 6 heteroatoms. The highest BCUT2D eigenvalue weighted by Crippen LogP contribution is 2.27. The van der Waals surface area contributed by atoms with Gasteiger partial charge in [0.15, 0.2) is 0 Å². The van der Waals surface area contributed by atoms with Crippen LogP contribution in [0.15, 0.2) is 42.5 Å². The van der Waals surface area contributed by atoms with Crippen LogP contribution in [0.25, 0.3) is 0 Å². The van der Waals surface area contributed by atoms with Gasteiger partial charge in [0, 0.05) is 29.4 Å². The Kier molecular flexibility index (Phi) is 4.73. The molecule has 0 spiro atoms. The van der Waals surface area contributed by atoms with E-state index in [-0.39, 0.29) is 18.2 Å². The Morgan fingerprint density at radius 2 is 2.00 bits per heavy atom. The topological polar surface area (TPSA) is 73.2 Å². The Hall–Kier alpha value is -2.84. The Balaban J connectivity index is 1.71. The number of amides is 2. The first-order valence-corrected chi connectivity index (χ1v) is 8.23. The van der Waals surface area contributed by atoms with Gasteiger partial charge in [-0.25, -0.2) is 0 Å². The maximum absolute atomic E-state index is 12.5. The number of carbonyl (C=O) groups excluding carboxylic acids is 2. The smallest absolute Gasteiger partial charge is 0.229 e. The fourth-order valence-electron chi connectivity index (χ4n) is 2.85. The van der Waals surface area contributed by atoms with Crippen LogP contribution in [0.3, 0.4) is 0 Å². The lowest BCUT2D eigenvalue weighted by Gasteiger charge is -2.17. The molecule has 2 aromatic rings. The van der Waals surface area contributed by atoms with Crippen LogP contribution < -0.4 is 10.2 Å². The van der Waals surface area contributed by atoms with Gasteiger partial charge in [-0.3, -0.25) is 9.59 Å². The summed E-state index contributed by atoms with van der Waals surface area (Å²) in [5.74, 6) is -0.703. The summed E-state index contributed by atoms with van der Waals surface area (Å²) < 4.78 is 0. The van der Waals surface area contributed by atoms with Crippen LogP contribution >= 0.6 is 11.6 Å². The van der Waals surface area contributed by atoms with Crippen molar-refractivity contribution in [2.24, 2.45) is 5.92 Å². The summed E-state index contributed by atoms with van der Waals surface area (Å²) in [5.41, 5.74) is 2.79. The average Bonchev–Trinajstić information content (AvgIpc) is 2.99. The van der Waals surface area contributed by atoms with Crippen molar-refractivity contribution in [1.82, 2.24) is 0 Å². The second-order valence-electron chi connectivity index (χ2n) is 6.01. The van der Waals surface area contributed by atoms with E-state index in [0.29, 0.717) is 28.5 Å². The van der Waals surface area contributed by atoms with Crippen molar-refractivity contribution in [1.29, 1.82) is 5.26 Å². The predicted octanol–water partition coefficient (Wildman–Crippen LogP) is 3.51. The summed E-state index contributed by atoms with van der Waals surface area (Å²) in [6.45, 7) is 2.19. The van der Waals surface area contributed by atoms with E-state index in [0.717, 1.165) is 5.56 Å². The number of aryl methyl sites for hydroxylation is 1. The number of halogens is 1. The molecule has 1 unspecified atom stereocenters. The Bertz CT molecular complexity index is 871. The molecule has 126 valence electrons. The van der Waals surface area contributed by atoms with Crippen molar-refractivity contribution in [3.63, 3.8) is 0 Å². The normalized spacial score (nSPS) is 16.6. The molecular weight excluding hydrogens is 338 g/mol. The zero-order chi connectivity index (χ0) is 18.0. The molecule has 0 aromatic heterocycles. The van der Waals surface area contributed by atoms with Crippen molar-refractivity contribution in [3.05, 3.63) is 58.6 Å². The average molecular weight is 354 g/mol. The number of benzene rings is 2. The molecule has 1 N–H and O–H groups in total. The highest BCUT2D eigenvalue weighted by Gasteiger charge is 2.35. The van der Waals surface area contributed by atoms with E-state index in [2.05, 4.69) is 5.32 Å². The van der Waals surface area contributed by atoms with Gasteiger partial charge in [-0.2, -0.15) is 5.26 Å². The largest absolute Gasteiger partial charge is 0.326 e. The molecule has 1 heterocycles. The molecule has 1 fully saturated rings. The molecule has 2 amide bonds. The van der Waals surface area contributed by atoms with E-state index >= 15 is 0 Å². The lowest BCUT2D eigenvalue weighted by atomic mass is 10.1. The summed E-state index contributed by atoms with van der Waals surface area (Å²) in [5, 5.41) is 12.3. The van der Waals surface area contributed by atoms with Crippen LogP contribution in [0.5, 0.6) is 0 Å². The Labute approximate surface area is 150 Å². The fraction of sp³-hybridized carbons (Fsp3) is 0.211. The molecule has 1 atom stereocenters. The maximum Gasteiger partial charge on any atom is 0.229 e. The third-order valence-corrected chi connectivity index (χ3v) is 4.49. The molecule has 25 heavy (non-hydrogen) atoms. The van der Waals surface area contributed by atoms with E-state index in [1.54, 1.807) is 47.4 Å². The first-order chi connectivity index (χ1) is 12.0. The van der Waals surface area contributed by atoms with Gasteiger partial charge in [-0.1, -0.05) is 11.6 Å². The third kappa shape index (κ3) is 3.65. The van der Waals surface area contributed by atoms with E-state index in [9.17, 15) is 9.59 Å². The Morgan fingerprint density at radius 3 is 2.64 bits per heavy atom. The van der Waals surface area contributed by atoms with Crippen molar-refractivity contribution < 1.29 is 9.59 Å². The summed E-state index contributed by atoms with van der Waals surface area (Å²) in [6, 6.07) is 14.1. The molecule has 2 aromatic carbocycles. The monoisotopic (exact) mass is 353 g/mol. The van der Waals surface area contributed by atoms with Crippen molar-refractivity contribution >= 4 is 34.8 Å². The number of nitrogens with one attached hydrogen (secondary N) is 1. The molecule has 1 aliphatic rings. The van der Waals surface area contributed by atoms with Crippen LogP contribution in [-0.2, 0) is 9.59 Å². The SMILES string of the molecule is Cc1cc(Cl)ccc1NC(=O)C1CC(=O)N(c2ccc(C#N)cc2)C1. The van der Waals surface area contributed by atoms with Crippen molar-refractivity contribution in [2.75, 3.05) is 16.8 Å². The molecule has 1 saturated heterocycles. The molecule has 0 saturated carbocycles. The van der Waals surface area contributed by atoms with Crippen LogP contribution in [0, 0.1) is 24.2 Å². The molecule has 1 aliphatic heterocycles. The first kappa shape index (κ1) is 17.0. The summed E-state index contributed by atoms with van der Waals surface area (Å²) in [7, 11) is 0. The van der Waals surface area contributed by atoms with Crippen molar-refractivity contribution in [2.45, 2.75) is 13.3 Å². The Morgan fingerprint density at radius 1 is 1.28 bits per heavy atom. The number of nitriles is 1. The summed E-state index contributed by atoms with van der Waals surface area (Å²) >= 11 is 5.92. The third-order valence-electron chi connectivity index (χ3n) is 4.25. The number of carbonyl (C=O) groups is 2. The van der Waals surface area contributed by atoms with Crippen LogP contribution in [0.1, 0.15) is 17.5 Å². The van der Waals surface area contributed by atoms with Crippen molar-refractivity contribution in [3.8, 4) is 6.07 Å². The first-order valence-electron chi connectivity index (χ1n) is 7.85. The molecule has 3 rings (SSSR count). The van der Waals surface area contributed by atoms with Gasteiger partial charge in [-0.05, 0) is 55.0 Å². The van der Waals surface area contributed by atoms with Gasteiger partial charge < -0.3 is 10.2 Å². The van der Waals surface area contributed by atoms with Gasteiger partial charge in [0.2, 0.25) is 11.8 Å². The van der Waals surface area contributed by atoms with E-state index in [1.807, 2.05) is 13.0 Å². The highest BCUT2D eigenvalue weighted by molar-refractivity contribution is 6.30. The molecular formula is C19H16ClN3O2. The second kappa shape index (κ2) is 6.96. The standard InChI is InChI=1S/C19H16ClN3O2/c1-12-8-15(20)4-7-17(12)22-19(25)14-9-18(24)23(11-14)16-5-2-13(10-21)3-6-16/h2-8,14H,9,11H2,1H3,(H,22,25). The van der Waals surface area contributed by atoms with Gasteiger partial charge in [-0.15, -0.1) is 0 Å². The molecule has 0 radical (unpaired) electrons. The highest BCUT2D eigenvalue weighted by atomic mass is 35.5. The van der Waals surface area contributed by atoms with E-state index in [1.165, 1.54) is 0 Å². The quantitative estimate of drug-likeness (QED) is 0.917. The van der Waals surface area contributed by atoms with Crippen LogP contribution in [-0.4, -0.2) is 18.4 Å². The number of hydrogen-bond donors (Lipinski definition) is 1. The number of anilines is 2. The predicted molar refractivity (Wildman–Crippen MR) is 96.4 cm³/mol. The van der Waals surface area contributed by atoms with Gasteiger partial charge in [0.05, 0.1) is 17.6 Å². The lowest BCUT2D eigenvalue weighted by Crippen LogP contribution is -2.28. The summed E-state index contributed by atoms with van der Waals surface area (Å²) in [6.07, 6.45) is 0.165. The minimum absolute atomic E-state index is 0.0994. The maximum atomic E-state index is 12.5. The van der Waals surface area contributed by atoms with E-state index < -0.39 is 5.92 Å².